The fraction of sp³-hybridized carbons (Fsp3) is 0.316. The molecule has 150 valence electrons. The predicted octanol–water partition coefficient (Wildman–Crippen LogP) is 3.76. The van der Waals surface area contributed by atoms with Gasteiger partial charge < -0.3 is 16.0 Å². The summed E-state index contributed by atoms with van der Waals surface area (Å²) >= 11 is 6.12. The van der Waals surface area contributed by atoms with Crippen LogP contribution in [0.25, 0.3) is 0 Å². The van der Waals surface area contributed by atoms with Crippen LogP contribution in [0.1, 0.15) is 28.8 Å². The number of carbonyl (C=O) groups excluding carboxylic acids is 1. The summed E-state index contributed by atoms with van der Waals surface area (Å²) in [5.74, 6) is -0.315. The van der Waals surface area contributed by atoms with Crippen LogP contribution in [-0.2, 0) is 6.54 Å². The van der Waals surface area contributed by atoms with Crippen molar-refractivity contribution in [1.29, 1.82) is 0 Å². The lowest BCUT2D eigenvalue weighted by atomic mass is 10.1. The number of amides is 1. The number of hydrogen-bond donors (Lipinski definition) is 3. The number of nitrogens with one attached hydrogen (secondary N) is 3. The van der Waals surface area contributed by atoms with Gasteiger partial charge in [0.15, 0.2) is 0 Å². The van der Waals surface area contributed by atoms with Crippen LogP contribution < -0.4 is 16.0 Å². The highest BCUT2D eigenvalue weighted by Gasteiger charge is 2.19. The fourth-order valence-electron chi connectivity index (χ4n) is 3.05. The number of benzene rings is 2. The predicted molar refractivity (Wildman–Crippen MR) is 112 cm³/mol. The summed E-state index contributed by atoms with van der Waals surface area (Å²) in [5.41, 5.74) is 1.30. The van der Waals surface area contributed by atoms with Crippen LogP contribution >= 0.6 is 24.0 Å². The van der Waals surface area contributed by atoms with E-state index in [1.165, 1.54) is 6.07 Å². The van der Waals surface area contributed by atoms with Crippen molar-refractivity contribution in [3.63, 3.8) is 0 Å². The molecule has 3 rings (SSSR count). The monoisotopic (exact) mass is 424 g/mol. The molecule has 2 aromatic carbocycles. The Morgan fingerprint density at radius 3 is 2.75 bits per heavy atom. The Morgan fingerprint density at radius 1 is 1.29 bits per heavy atom. The van der Waals surface area contributed by atoms with Gasteiger partial charge in [0, 0.05) is 35.8 Å². The molecule has 0 radical (unpaired) electrons. The minimum Gasteiger partial charge on any atom is -0.375 e. The van der Waals surface area contributed by atoms with E-state index in [0.717, 1.165) is 24.9 Å². The van der Waals surface area contributed by atoms with Crippen LogP contribution in [0.3, 0.4) is 0 Å². The van der Waals surface area contributed by atoms with E-state index >= 15 is 0 Å². The van der Waals surface area contributed by atoms with Crippen LogP contribution in [0, 0.1) is 10.1 Å². The Kier molecular flexibility index (Phi) is 8.04. The first-order valence-corrected chi connectivity index (χ1v) is 9.19. The van der Waals surface area contributed by atoms with Gasteiger partial charge in [-0.3, -0.25) is 14.9 Å². The Hall–Kier alpha value is -2.35. The number of nitro groups is 1. The molecule has 1 aliphatic heterocycles. The minimum absolute atomic E-state index is 0. The Morgan fingerprint density at radius 2 is 2.07 bits per heavy atom. The first-order valence-electron chi connectivity index (χ1n) is 8.82. The normalized spacial score (nSPS) is 15.5. The molecule has 3 N–H and O–H groups in total. The van der Waals surface area contributed by atoms with Crippen molar-refractivity contribution in [3.05, 3.63) is 68.7 Å². The van der Waals surface area contributed by atoms with E-state index in [-0.39, 0.29) is 35.6 Å². The molecule has 7 nitrogen and oxygen atoms in total. The molecular formula is C19H22Cl2N4O3. The first kappa shape index (κ1) is 21.9. The molecule has 0 bridgehead atoms. The number of nitro benzene ring substituents is 1. The molecule has 1 heterocycles. The highest BCUT2D eigenvalue weighted by atomic mass is 35.5. The number of hydrogen-bond acceptors (Lipinski definition) is 5. The topological polar surface area (TPSA) is 96.3 Å². The lowest BCUT2D eigenvalue weighted by Gasteiger charge is -2.12. The van der Waals surface area contributed by atoms with Gasteiger partial charge in [-0.15, -0.1) is 12.4 Å². The zero-order chi connectivity index (χ0) is 19.2. The maximum absolute atomic E-state index is 12.3. The number of nitrogens with zero attached hydrogens (tertiary/aromatic N) is 1. The largest absolute Gasteiger partial charge is 0.375 e. The van der Waals surface area contributed by atoms with Gasteiger partial charge in [-0.2, -0.15) is 0 Å². The number of anilines is 1. The van der Waals surface area contributed by atoms with Gasteiger partial charge in [0.1, 0.15) is 5.69 Å². The number of rotatable bonds is 7. The van der Waals surface area contributed by atoms with Gasteiger partial charge >= 0.3 is 0 Å². The molecule has 2 aromatic rings. The molecule has 1 fully saturated rings. The summed E-state index contributed by atoms with van der Waals surface area (Å²) in [7, 11) is 0. The molecule has 28 heavy (non-hydrogen) atoms. The summed E-state index contributed by atoms with van der Waals surface area (Å²) in [6.45, 7) is 1.82. The second kappa shape index (κ2) is 10.3. The van der Waals surface area contributed by atoms with Crippen molar-refractivity contribution in [2.24, 2.45) is 0 Å². The highest BCUT2D eigenvalue weighted by Crippen LogP contribution is 2.27. The van der Waals surface area contributed by atoms with Crippen molar-refractivity contribution in [1.82, 2.24) is 10.6 Å². The van der Waals surface area contributed by atoms with E-state index in [9.17, 15) is 14.9 Å². The molecule has 1 atom stereocenters. The van der Waals surface area contributed by atoms with Crippen LogP contribution in [0.15, 0.2) is 42.5 Å². The summed E-state index contributed by atoms with van der Waals surface area (Å²) in [4.78, 5) is 23.3. The van der Waals surface area contributed by atoms with Gasteiger partial charge in [0.2, 0.25) is 0 Å². The fourth-order valence-corrected chi connectivity index (χ4v) is 3.26. The summed E-state index contributed by atoms with van der Waals surface area (Å²) < 4.78 is 0. The van der Waals surface area contributed by atoms with Crippen LogP contribution in [0.4, 0.5) is 11.4 Å². The molecule has 0 aliphatic carbocycles. The Labute approximate surface area is 174 Å². The Bertz CT molecular complexity index is 842. The van der Waals surface area contributed by atoms with Gasteiger partial charge in [-0.1, -0.05) is 29.8 Å². The maximum atomic E-state index is 12.3. The minimum atomic E-state index is -0.496. The molecule has 1 saturated heterocycles. The molecule has 1 unspecified atom stereocenters. The van der Waals surface area contributed by atoms with Gasteiger partial charge in [-0.05, 0) is 43.1 Å². The van der Waals surface area contributed by atoms with Crippen molar-refractivity contribution >= 4 is 41.3 Å². The average Bonchev–Trinajstić information content (AvgIpc) is 3.19. The van der Waals surface area contributed by atoms with E-state index < -0.39 is 4.92 Å². The SMILES string of the molecule is Cl.O=C(NCC1CCCN1)c1ccc(NCc2ccccc2Cl)c([N+](=O)[O-])c1. The van der Waals surface area contributed by atoms with Crippen LogP contribution in [0.5, 0.6) is 0 Å². The van der Waals surface area contributed by atoms with Gasteiger partial charge in [0.05, 0.1) is 4.92 Å². The van der Waals surface area contributed by atoms with E-state index in [4.69, 9.17) is 11.6 Å². The first-order chi connectivity index (χ1) is 13.0. The molecule has 0 aromatic heterocycles. The second-order valence-corrected chi connectivity index (χ2v) is 6.84. The van der Waals surface area contributed by atoms with Crippen molar-refractivity contribution in [2.45, 2.75) is 25.4 Å². The maximum Gasteiger partial charge on any atom is 0.293 e. The number of halogens is 2. The average molecular weight is 425 g/mol. The zero-order valence-electron chi connectivity index (χ0n) is 15.1. The summed E-state index contributed by atoms with van der Waals surface area (Å²) in [5, 5.41) is 21.2. The van der Waals surface area contributed by atoms with Crippen LogP contribution in [-0.4, -0.2) is 30.0 Å². The van der Waals surface area contributed by atoms with Gasteiger partial charge in [-0.25, -0.2) is 0 Å². The van der Waals surface area contributed by atoms with Crippen LogP contribution in [0.2, 0.25) is 5.02 Å². The lowest BCUT2D eigenvalue weighted by molar-refractivity contribution is -0.384. The smallest absolute Gasteiger partial charge is 0.293 e. The molecular weight excluding hydrogens is 403 g/mol. The second-order valence-electron chi connectivity index (χ2n) is 6.44. The lowest BCUT2D eigenvalue weighted by Crippen LogP contribution is -2.37. The molecule has 1 aliphatic rings. The quantitative estimate of drug-likeness (QED) is 0.464. The van der Waals surface area contributed by atoms with Crippen molar-refractivity contribution < 1.29 is 9.72 Å². The number of carbonyl (C=O) groups is 1. The van der Waals surface area contributed by atoms with E-state index in [2.05, 4.69) is 16.0 Å². The summed E-state index contributed by atoms with van der Waals surface area (Å²) in [6.07, 6.45) is 2.11. The van der Waals surface area contributed by atoms with E-state index in [0.29, 0.717) is 23.8 Å². The molecule has 9 heteroatoms. The standard InChI is InChI=1S/C19H21ClN4O3.ClH/c20-16-6-2-1-4-14(16)11-22-17-8-7-13(10-18(17)24(26)27)19(25)23-12-15-5-3-9-21-15;/h1-2,4,6-8,10,15,21-22H,3,5,9,11-12H2,(H,23,25);1H. The van der Waals surface area contributed by atoms with Crippen molar-refractivity contribution in [3.8, 4) is 0 Å². The third-order valence-corrected chi connectivity index (χ3v) is 4.92. The van der Waals surface area contributed by atoms with Gasteiger partial charge in [0.25, 0.3) is 11.6 Å². The highest BCUT2D eigenvalue weighted by molar-refractivity contribution is 6.31. The molecule has 1 amide bonds. The molecule has 0 saturated carbocycles. The van der Waals surface area contributed by atoms with E-state index in [1.54, 1.807) is 18.2 Å². The zero-order valence-corrected chi connectivity index (χ0v) is 16.7. The third-order valence-electron chi connectivity index (χ3n) is 4.56. The van der Waals surface area contributed by atoms with Crippen molar-refractivity contribution in [2.75, 3.05) is 18.4 Å². The molecule has 0 spiro atoms. The Balaban J connectivity index is 0.00000280. The van der Waals surface area contributed by atoms with E-state index in [1.807, 2.05) is 18.2 Å². The third kappa shape index (κ3) is 5.58. The summed E-state index contributed by atoms with van der Waals surface area (Å²) in [6, 6.07) is 12.0.